The molecule has 1 aromatic carbocycles. The number of carboxylic acid groups (broad SMARTS) is 1. The van der Waals surface area contributed by atoms with Gasteiger partial charge in [-0.25, -0.2) is 0 Å². The smallest absolute Gasteiger partial charge is 0.312 e. The number of piperazine rings is 1. The van der Waals surface area contributed by atoms with Crippen molar-refractivity contribution in [3.63, 3.8) is 0 Å². The lowest BCUT2D eigenvalue weighted by Crippen LogP contribution is -2.49. The zero-order chi connectivity index (χ0) is 15.4. The molecule has 1 N–H and O–H groups in total. The number of carbonyl (C=O) groups is 2. The zero-order valence-corrected chi connectivity index (χ0v) is 12.6. The van der Waals surface area contributed by atoms with Gasteiger partial charge in [0, 0.05) is 31.9 Å². The van der Waals surface area contributed by atoms with Gasteiger partial charge >= 0.3 is 5.97 Å². The van der Waals surface area contributed by atoms with Crippen LogP contribution in [0.5, 0.6) is 0 Å². The minimum atomic E-state index is -1.06. The Balaban J connectivity index is 1.91. The zero-order valence-electron chi connectivity index (χ0n) is 12.6. The summed E-state index contributed by atoms with van der Waals surface area (Å²) in [6.07, 6.45) is -0.414. The molecule has 1 aliphatic heterocycles. The van der Waals surface area contributed by atoms with Gasteiger partial charge in [0.05, 0.1) is 0 Å². The minimum absolute atomic E-state index is 0.294. The van der Waals surface area contributed by atoms with Crippen molar-refractivity contribution < 1.29 is 14.7 Å². The Hall–Kier alpha value is -2.04. The van der Waals surface area contributed by atoms with E-state index in [1.807, 2.05) is 0 Å². The summed E-state index contributed by atoms with van der Waals surface area (Å²) < 4.78 is 0. The van der Waals surface area contributed by atoms with Crippen molar-refractivity contribution in [3.05, 3.63) is 29.8 Å². The number of rotatable bonds is 4. The summed E-state index contributed by atoms with van der Waals surface area (Å²) in [6, 6.07) is 8.51. The lowest BCUT2D eigenvalue weighted by molar-refractivity contribution is -0.144. The average Bonchev–Trinajstić information content (AvgIpc) is 2.47. The molecule has 0 aliphatic carbocycles. The molecule has 1 saturated heterocycles. The van der Waals surface area contributed by atoms with Crippen LogP contribution in [0.1, 0.15) is 31.7 Å². The molecule has 0 radical (unpaired) electrons. The number of carbonyl (C=O) groups excluding carboxylic acids is 1. The molecule has 0 unspecified atom stereocenters. The van der Waals surface area contributed by atoms with E-state index in [4.69, 9.17) is 5.11 Å². The summed E-state index contributed by atoms with van der Waals surface area (Å²) >= 11 is 0. The van der Waals surface area contributed by atoms with Gasteiger partial charge in [0.2, 0.25) is 5.91 Å². The summed E-state index contributed by atoms with van der Waals surface area (Å²) in [4.78, 5) is 26.1. The molecule has 5 heteroatoms. The number of amides is 1. The van der Waals surface area contributed by atoms with Crippen molar-refractivity contribution in [2.24, 2.45) is 0 Å². The molecule has 2 rings (SSSR count). The van der Waals surface area contributed by atoms with Crippen LogP contribution in [-0.2, 0) is 9.59 Å². The summed E-state index contributed by atoms with van der Waals surface area (Å²) in [5, 5.41) is 8.66. The molecule has 5 nitrogen and oxygen atoms in total. The summed E-state index contributed by atoms with van der Waals surface area (Å²) in [7, 11) is 0. The molecule has 0 spiro atoms. The average molecular weight is 290 g/mol. The van der Waals surface area contributed by atoms with Crippen molar-refractivity contribution in [2.75, 3.05) is 31.1 Å². The molecule has 21 heavy (non-hydrogen) atoms. The van der Waals surface area contributed by atoms with Crippen molar-refractivity contribution in [2.45, 2.75) is 26.2 Å². The van der Waals surface area contributed by atoms with Crippen LogP contribution in [0.15, 0.2) is 24.3 Å². The Morgan fingerprint density at radius 2 is 1.67 bits per heavy atom. The number of hydrogen-bond donors (Lipinski definition) is 1. The number of anilines is 1. The highest BCUT2D eigenvalue weighted by Crippen LogP contribution is 2.21. The number of benzene rings is 1. The van der Waals surface area contributed by atoms with Gasteiger partial charge in [0.25, 0.3) is 0 Å². The maximum atomic E-state index is 11.7. The lowest BCUT2D eigenvalue weighted by atomic mass is 10.0. The van der Waals surface area contributed by atoms with E-state index in [1.54, 1.807) is 4.90 Å². The van der Waals surface area contributed by atoms with E-state index >= 15 is 0 Å². The molecule has 0 saturated carbocycles. The number of nitrogens with zero attached hydrogens (tertiary/aromatic N) is 2. The number of aliphatic carboxylic acids is 1. The second-order valence-corrected chi connectivity index (χ2v) is 5.68. The van der Waals surface area contributed by atoms with Crippen molar-refractivity contribution in [1.29, 1.82) is 0 Å². The molecule has 1 amide bonds. The van der Waals surface area contributed by atoms with Gasteiger partial charge in [0.15, 0.2) is 0 Å². The van der Waals surface area contributed by atoms with Crippen molar-refractivity contribution in [3.8, 4) is 0 Å². The highest BCUT2D eigenvalue weighted by atomic mass is 16.4. The Labute approximate surface area is 125 Å². The van der Waals surface area contributed by atoms with E-state index in [1.165, 1.54) is 5.56 Å². The van der Waals surface area contributed by atoms with Crippen molar-refractivity contribution >= 4 is 17.6 Å². The van der Waals surface area contributed by atoms with Crippen LogP contribution in [0.2, 0.25) is 0 Å². The molecule has 1 aliphatic rings. The fraction of sp³-hybridized carbons (Fsp3) is 0.500. The van der Waals surface area contributed by atoms with Crippen LogP contribution in [-0.4, -0.2) is 48.1 Å². The van der Waals surface area contributed by atoms with Gasteiger partial charge in [-0.05, 0) is 23.6 Å². The monoisotopic (exact) mass is 290 g/mol. The predicted molar refractivity (Wildman–Crippen MR) is 81.6 cm³/mol. The molecular formula is C16H22N2O3. The topological polar surface area (TPSA) is 60.9 Å². The third-order valence-corrected chi connectivity index (χ3v) is 3.86. The molecule has 1 aromatic rings. The second-order valence-electron chi connectivity index (χ2n) is 5.68. The highest BCUT2D eigenvalue weighted by Gasteiger charge is 2.22. The maximum Gasteiger partial charge on any atom is 0.312 e. The summed E-state index contributed by atoms with van der Waals surface area (Å²) in [6.45, 7) is 6.98. The molecule has 0 aromatic heterocycles. The molecule has 1 heterocycles. The van der Waals surface area contributed by atoms with Gasteiger partial charge in [-0.2, -0.15) is 0 Å². The van der Waals surface area contributed by atoms with E-state index in [-0.39, 0.29) is 5.91 Å². The van der Waals surface area contributed by atoms with Crippen LogP contribution in [0.4, 0.5) is 5.69 Å². The first-order valence-electron chi connectivity index (χ1n) is 7.32. The summed E-state index contributed by atoms with van der Waals surface area (Å²) in [5.41, 5.74) is 2.47. The van der Waals surface area contributed by atoms with Crippen LogP contribution in [0, 0.1) is 0 Å². The Morgan fingerprint density at radius 1 is 1.10 bits per heavy atom. The molecular weight excluding hydrogens is 268 g/mol. The van der Waals surface area contributed by atoms with E-state index in [9.17, 15) is 9.59 Å². The Bertz CT molecular complexity index is 503. The largest absolute Gasteiger partial charge is 0.481 e. The Morgan fingerprint density at radius 3 is 2.14 bits per heavy atom. The molecule has 1 fully saturated rings. The van der Waals surface area contributed by atoms with Gasteiger partial charge in [-0.3, -0.25) is 9.59 Å². The SMILES string of the molecule is CC(C)c1ccc(N2CCN(C(=O)CC(=O)O)CC2)cc1. The third-order valence-electron chi connectivity index (χ3n) is 3.86. The van der Waals surface area contributed by atoms with Crippen molar-refractivity contribution in [1.82, 2.24) is 4.90 Å². The van der Waals surface area contributed by atoms with Crippen LogP contribution in [0.3, 0.4) is 0 Å². The highest BCUT2D eigenvalue weighted by molar-refractivity contribution is 5.93. The first kappa shape index (κ1) is 15.4. The molecule has 0 atom stereocenters. The third kappa shape index (κ3) is 3.97. The van der Waals surface area contributed by atoms with Gasteiger partial charge in [-0.15, -0.1) is 0 Å². The van der Waals surface area contributed by atoms with Crippen LogP contribution < -0.4 is 4.90 Å². The quantitative estimate of drug-likeness (QED) is 0.861. The second kappa shape index (κ2) is 6.61. The van der Waals surface area contributed by atoms with Gasteiger partial charge < -0.3 is 14.9 Å². The normalized spacial score (nSPS) is 15.4. The van der Waals surface area contributed by atoms with Gasteiger partial charge in [-0.1, -0.05) is 26.0 Å². The predicted octanol–water partition coefficient (Wildman–Crippen LogP) is 1.93. The van der Waals surface area contributed by atoms with E-state index in [0.717, 1.165) is 18.8 Å². The summed E-state index contributed by atoms with van der Waals surface area (Å²) in [5.74, 6) is -0.839. The van der Waals surface area contributed by atoms with Crippen LogP contribution >= 0.6 is 0 Å². The molecule has 114 valence electrons. The first-order valence-corrected chi connectivity index (χ1v) is 7.32. The fourth-order valence-electron chi connectivity index (χ4n) is 2.53. The van der Waals surface area contributed by atoms with E-state index < -0.39 is 12.4 Å². The standard InChI is InChI=1S/C16H22N2O3/c1-12(2)13-3-5-14(6-4-13)17-7-9-18(10-8-17)15(19)11-16(20)21/h3-6,12H,7-11H2,1-2H3,(H,20,21). The maximum absolute atomic E-state index is 11.7. The Kier molecular flexibility index (Phi) is 4.83. The van der Waals surface area contributed by atoms with E-state index in [0.29, 0.717) is 19.0 Å². The minimum Gasteiger partial charge on any atom is -0.481 e. The first-order chi connectivity index (χ1) is 9.97. The van der Waals surface area contributed by atoms with Crippen LogP contribution in [0.25, 0.3) is 0 Å². The number of hydrogen-bond acceptors (Lipinski definition) is 3. The number of carboxylic acids is 1. The fourth-order valence-corrected chi connectivity index (χ4v) is 2.53. The van der Waals surface area contributed by atoms with Gasteiger partial charge in [0.1, 0.15) is 6.42 Å². The lowest BCUT2D eigenvalue weighted by Gasteiger charge is -2.36. The van der Waals surface area contributed by atoms with E-state index in [2.05, 4.69) is 43.0 Å². The molecule has 0 bridgehead atoms.